The number of aliphatic imine (C=N–C) groups is 1. The SMILES string of the molecule is CC(C)(OC(=O)[C@]1(Cc2ccccc2)COC(c2ccccc2)=N1)c1ccccc1. The fourth-order valence-electron chi connectivity index (χ4n) is 3.60. The minimum absolute atomic E-state index is 0.149. The largest absolute Gasteiger partial charge is 0.474 e. The average Bonchev–Trinajstić information content (AvgIpc) is 3.21. The molecule has 3 aromatic carbocycles. The fraction of sp³-hybridized carbons (Fsp3) is 0.231. The van der Waals surface area contributed by atoms with Gasteiger partial charge >= 0.3 is 5.97 Å². The highest BCUT2D eigenvalue weighted by atomic mass is 16.6. The van der Waals surface area contributed by atoms with Crippen molar-refractivity contribution in [2.75, 3.05) is 6.61 Å². The van der Waals surface area contributed by atoms with E-state index < -0.39 is 11.1 Å². The molecule has 0 unspecified atom stereocenters. The molecule has 30 heavy (non-hydrogen) atoms. The van der Waals surface area contributed by atoms with E-state index in [1.807, 2.05) is 105 Å². The van der Waals surface area contributed by atoms with Crippen LogP contribution in [0.2, 0.25) is 0 Å². The van der Waals surface area contributed by atoms with Crippen LogP contribution in [-0.2, 0) is 26.3 Å². The van der Waals surface area contributed by atoms with Gasteiger partial charge in [0.15, 0.2) is 5.54 Å². The van der Waals surface area contributed by atoms with Crippen LogP contribution >= 0.6 is 0 Å². The van der Waals surface area contributed by atoms with E-state index in [2.05, 4.69) is 0 Å². The molecule has 0 saturated heterocycles. The molecule has 4 rings (SSSR count). The Hall–Kier alpha value is -3.40. The second-order valence-electron chi connectivity index (χ2n) is 8.03. The first-order valence-corrected chi connectivity index (χ1v) is 10.1. The van der Waals surface area contributed by atoms with Crippen LogP contribution < -0.4 is 0 Å². The van der Waals surface area contributed by atoms with Crippen LogP contribution in [0.1, 0.15) is 30.5 Å². The van der Waals surface area contributed by atoms with E-state index >= 15 is 0 Å². The highest BCUT2D eigenvalue weighted by Crippen LogP contribution is 2.32. The number of benzene rings is 3. The Balaban J connectivity index is 1.67. The summed E-state index contributed by atoms with van der Waals surface area (Å²) in [6, 6.07) is 29.2. The van der Waals surface area contributed by atoms with Crippen LogP contribution in [0.3, 0.4) is 0 Å². The predicted octanol–water partition coefficient (Wildman–Crippen LogP) is 4.92. The Labute approximate surface area is 177 Å². The molecule has 0 fully saturated rings. The van der Waals surface area contributed by atoms with Crippen molar-refractivity contribution in [3.8, 4) is 0 Å². The Kier molecular flexibility index (Phi) is 5.40. The van der Waals surface area contributed by atoms with Gasteiger partial charge in [-0.3, -0.25) is 0 Å². The molecular weight excluding hydrogens is 374 g/mol. The zero-order chi connectivity index (χ0) is 21.0. The molecule has 4 heteroatoms. The quantitative estimate of drug-likeness (QED) is 0.553. The monoisotopic (exact) mass is 399 g/mol. The van der Waals surface area contributed by atoms with Gasteiger partial charge in [0.05, 0.1) is 0 Å². The Morgan fingerprint density at radius 3 is 2.13 bits per heavy atom. The van der Waals surface area contributed by atoms with Crippen LogP contribution in [0.5, 0.6) is 0 Å². The molecule has 4 nitrogen and oxygen atoms in total. The Morgan fingerprint density at radius 1 is 0.933 bits per heavy atom. The van der Waals surface area contributed by atoms with Gasteiger partial charge in [0.1, 0.15) is 12.2 Å². The van der Waals surface area contributed by atoms with Crippen molar-refractivity contribution in [3.05, 3.63) is 108 Å². The smallest absolute Gasteiger partial charge is 0.338 e. The van der Waals surface area contributed by atoms with Crippen LogP contribution in [0.25, 0.3) is 0 Å². The van der Waals surface area contributed by atoms with Gasteiger partial charge in [-0.05, 0) is 37.1 Å². The van der Waals surface area contributed by atoms with E-state index in [0.29, 0.717) is 12.3 Å². The van der Waals surface area contributed by atoms with E-state index in [9.17, 15) is 4.79 Å². The molecular formula is C26H25NO3. The van der Waals surface area contributed by atoms with Gasteiger partial charge in [-0.2, -0.15) is 0 Å². The zero-order valence-corrected chi connectivity index (χ0v) is 17.2. The summed E-state index contributed by atoms with van der Waals surface area (Å²) in [4.78, 5) is 18.3. The summed E-state index contributed by atoms with van der Waals surface area (Å²) >= 11 is 0. The van der Waals surface area contributed by atoms with Gasteiger partial charge < -0.3 is 9.47 Å². The standard InChI is InChI=1S/C26H25NO3/c1-25(2,22-16-10-5-11-17-22)30-24(28)26(18-20-12-6-3-7-13-20)19-29-23(27-26)21-14-8-4-9-15-21/h3-17H,18-19H2,1-2H3/t26-/m0/s1. The molecule has 3 aromatic rings. The third-order valence-corrected chi connectivity index (χ3v) is 5.32. The average molecular weight is 399 g/mol. The van der Waals surface area contributed by atoms with Gasteiger partial charge in [-0.25, -0.2) is 9.79 Å². The van der Waals surface area contributed by atoms with E-state index in [1.54, 1.807) is 0 Å². The van der Waals surface area contributed by atoms with Crippen molar-refractivity contribution in [3.63, 3.8) is 0 Å². The zero-order valence-electron chi connectivity index (χ0n) is 17.2. The van der Waals surface area contributed by atoms with Crippen LogP contribution in [0.4, 0.5) is 0 Å². The van der Waals surface area contributed by atoms with Crippen molar-refractivity contribution < 1.29 is 14.3 Å². The molecule has 1 atom stereocenters. The topological polar surface area (TPSA) is 47.9 Å². The van der Waals surface area contributed by atoms with Crippen molar-refractivity contribution in [2.24, 2.45) is 4.99 Å². The van der Waals surface area contributed by atoms with Crippen molar-refractivity contribution in [1.82, 2.24) is 0 Å². The Bertz CT molecular complexity index is 1030. The summed E-state index contributed by atoms with van der Waals surface area (Å²) < 4.78 is 12.0. The van der Waals surface area contributed by atoms with Gasteiger partial charge in [-0.1, -0.05) is 78.9 Å². The van der Waals surface area contributed by atoms with E-state index in [0.717, 1.165) is 16.7 Å². The van der Waals surface area contributed by atoms with Gasteiger partial charge in [0, 0.05) is 12.0 Å². The third kappa shape index (κ3) is 4.13. The van der Waals surface area contributed by atoms with E-state index in [-0.39, 0.29) is 12.6 Å². The summed E-state index contributed by atoms with van der Waals surface area (Å²) in [5.74, 6) is 0.0899. The highest BCUT2D eigenvalue weighted by Gasteiger charge is 2.48. The van der Waals surface area contributed by atoms with Gasteiger partial charge in [-0.15, -0.1) is 0 Å². The second-order valence-corrected chi connectivity index (χ2v) is 8.03. The molecule has 0 saturated carbocycles. The number of esters is 1. The molecule has 0 aromatic heterocycles. The first-order valence-electron chi connectivity index (χ1n) is 10.1. The molecule has 0 aliphatic carbocycles. The second kappa shape index (κ2) is 8.15. The molecule has 0 spiro atoms. The number of hydrogen-bond donors (Lipinski definition) is 0. The summed E-state index contributed by atoms with van der Waals surface area (Å²) in [6.45, 7) is 3.94. The molecule has 1 aliphatic heterocycles. The number of rotatable bonds is 6. The maximum Gasteiger partial charge on any atom is 0.338 e. The Morgan fingerprint density at radius 2 is 1.50 bits per heavy atom. The number of carbonyl (C=O) groups is 1. The van der Waals surface area contributed by atoms with Crippen molar-refractivity contribution >= 4 is 11.9 Å². The lowest BCUT2D eigenvalue weighted by atomic mass is 9.91. The maximum absolute atomic E-state index is 13.5. The first kappa shape index (κ1) is 19.9. The molecule has 0 amide bonds. The van der Waals surface area contributed by atoms with Crippen molar-refractivity contribution in [1.29, 1.82) is 0 Å². The third-order valence-electron chi connectivity index (χ3n) is 5.32. The lowest BCUT2D eigenvalue weighted by molar-refractivity contribution is -0.164. The highest BCUT2D eigenvalue weighted by molar-refractivity contribution is 5.99. The number of nitrogens with zero attached hydrogens (tertiary/aromatic N) is 1. The molecule has 1 heterocycles. The number of carbonyl (C=O) groups excluding carboxylic acids is 1. The van der Waals surface area contributed by atoms with Crippen LogP contribution in [-0.4, -0.2) is 24.0 Å². The normalized spacial score (nSPS) is 18.4. The summed E-state index contributed by atoms with van der Waals surface area (Å²) in [5, 5.41) is 0. The fourth-order valence-corrected chi connectivity index (χ4v) is 3.60. The van der Waals surface area contributed by atoms with Crippen LogP contribution in [0, 0.1) is 0 Å². The molecule has 0 bridgehead atoms. The van der Waals surface area contributed by atoms with E-state index in [1.165, 1.54) is 0 Å². The van der Waals surface area contributed by atoms with Crippen molar-refractivity contribution in [2.45, 2.75) is 31.4 Å². The summed E-state index contributed by atoms with van der Waals surface area (Å²) in [5.41, 5.74) is 0.876. The first-order chi connectivity index (χ1) is 14.5. The molecule has 152 valence electrons. The minimum atomic E-state index is -1.13. The summed E-state index contributed by atoms with van der Waals surface area (Å²) in [6.07, 6.45) is 0.411. The van der Waals surface area contributed by atoms with Gasteiger partial charge in [0.2, 0.25) is 5.90 Å². The van der Waals surface area contributed by atoms with E-state index in [4.69, 9.17) is 14.5 Å². The molecule has 1 aliphatic rings. The van der Waals surface area contributed by atoms with Gasteiger partial charge in [0.25, 0.3) is 0 Å². The maximum atomic E-state index is 13.5. The van der Waals surface area contributed by atoms with Crippen LogP contribution in [0.15, 0.2) is 96.0 Å². The molecule has 0 N–H and O–H groups in total. The predicted molar refractivity (Wildman–Crippen MR) is 117 cm³/mol. The summed E-state index contributed by atoms with van der Waals surface area (Å²) in [7, 11) is 0. The minimum Gasteiger partial charge on any atom is -0.474 e. The lowest BCUT2D eigenvalue weighted by Crippen LogP contribution is -2.45. The number of ether oxygens (including phenoxy) is 2. The number of hydrogen-bond acceptors (Lipinski definition) is 4. The lowest BCUT2D eigenvalue weighted by Gasteiger charge is -2.31. The molecule has 0 radical (unpaired) electrons.